The summed E-state index contributed by atoms with van der Waals surface area (Å²) in [6.45, 7) is 0.561. The van der Waals surface area contributed by atoms with E-state index in [4.69, 9.17) is 5.26 Å². The molecule has 0 amide bonds. The van der Waals surface area contributed by atoms with Gasteiger partial charge in [-0.25, -0.2) is 4.98 Å². The van der Waals surface area contributed by atoms with Crippen LogP contribution in [-0.2, 0) is 0 Å². The Labute approximate surface area is 69.6 Å². The maximum atomic E-state index is 8.58. The molecule has 1 aromatic heterocycles. The number of aliphatic imine (C=N–C) groups is 1. The molecule has 0 atom stereocenters. The van der Waals surface area contributed by atoms with E-state index < -0.39 is 0 Å². The molecular formula is C8H6N4. The quantitative estimate of drug-likeness (QED) is 0.606. The Balaban J connectivity index is 2.53. The van der Waals surface area contributed by atoms with Gasteiger partial charge in [0, 0.05) is 18.0 Å². The van der Waals surface area contributed by atoms with Gasteiger partial charge in [0.15, 0.2) is 0 Å². The minimum Gasteiger partial charge on any atom is -0.350 e. The highest BCUT2D eigenvalue weighted by molar-refractivity contribution is 5.88. The van der Waals surface area contributed by atoms with Gasteiger partial charge >= 0.3 is 0 Å². The van der Waals surface area contributed by atoms with Crippen LogP contribution in [0.5, 0.6) is 0 Å². The summed E-state index contributed by atoms with van der Waals surface area (Å²) in [4.78, 5) is 8.07. The molecular weight excluding hydrogens is 152 g/mol. The lowest BCUT2D eigenvalue weighted by Gasteiger charge is -2.10. The fourth-order valence-electron chi connectivity index (χ4n) is 1.05. The van der Waals surface area contributed by atoms with Gasteiger partial charge < -0.3 is 5.32 Å². The van der Waals surface area contributed by atoms with Crippen LogP contribution >= 0.6 is 0 Å². The molecule has 0 bridgehead atoms. The smallest absolute Gasteiger partial charge is 0.136 e. The molecule has 0 saturated heterocycles. The molecule has 4 nitrogen and oxygen atoms in total. The Hall–Kier alpha value is -1.89. The molecule has 2 heterocycles. The van der Waals surface area contributed by atoms with Crippen molar-refractivity contribution in [2.24, 2.45) is 4.99 Å². The lowest BCUT2D eigenvalue weighted by atomic mass is 10.2. The molecule has 0 unspecified atom stereocenters. The second kappa shape index (κ2) is 2.62. The first-order chi connectivity index (χ1) is 5.90. The van der Waals surface area contributed by atoms with E-state index in [-0.39, 0.29) is 0 Å². The van der Waals surface area contributed by atoms with Crippen LogP contribution in [0, 0.1) is 11.3 Å². The van der Waals surface area contributed by atoms with Crippen LogP contribution in [0.2, 0.25) is 0 Å². The first kappa shape index (κ1) is 6.80. The summed E-state index contributed by atoms with van der Waals surface area (Å²) >= 11 is 0. The number of nitriles is 1. The number of pyridine rings is 1. The number of hydrogen-bond acceptors (Lipinski definition) is 4. The zero-order valence-corrected chi connectivity index (χ0v) is 6.28. The monoisotopic (exact) mass is 158 g/mol. The minimum atomic E-state index is 0.559. The van der Waals surface area contributed by atoms with Gasteiger partial charge in [0.2, 0.25) is 0 Å². The molecule has 1 aliphatic heterocycles. The summed E-state index contributed by atoms with van der Waals surface area (Å²) in [6.07, 6.45) is 3.27. The lowest BCUT2D eigenvalue weighted by molar-refractivity contribution is 1.09. The molecule has 1 aliphatic rings. The first-order valence-corrected chi connectivity index (χ1v) is 3.54. The third kappa shape index (κ3) is 1.01. The van der Waals surface area contributed by atoms with Crippen molar-refractivity contribution in [2.75, 3.05) is 12.0 Å². The number of rotatable bonds is 0. The van der Waals surface area contributed by atoms with Gasteiger partial charge in [-0.2, -0.15) is 5.26 Å². The van der Waals surface area contributed by atoms with Gasteiger partial charge in [0.05, 0.1) is 5.56 Å². The molecule has 0 spiro atoms. The maximum absolute atomic E-state index is 8.58. The van der Waals surface area contributed by atoms with Crippen LogP contribution in [0.25, 0.3) is 0 Å². The van der Waals surface area contributed by atoms with Crippen molar-refractivity contribution in [3.8, 4) is 6.07 Å². The van der Waals surface area contributed by atoms with E-state index in [2.05, 4.69) is 15.3 Å². The zero-order valence-electron chi connectivity index (χ0n) is 6.28. The number of aromatic nitrogens is 1. The second-order valence-electron chi connectivity index (χ2n) is 2.42. The number of hydrogen-bond donors (Lipinski definition) is 1. The summed E-state index contributed by atoms with van der Waals surface area (Å²) < 4.78 is 0. The van der Waals surface area contributed by atoms with Gasteiger partial charge in [-0.05, 0) is 6.07 Å². The molecule has 58 valence electrons. The molecule has 0 aliphatic carbocycles. The summed E-state index contributed by atoms with van der Waals surface area (Å²) in [6, 6.07) is 3.79. The van der Waals surface area contributed by atoms with Crippen LogP contribution in [0.1, 0.15) is 11.1 Å². The summed E-state index contributed by atoms with van der Waals surface area (Å²) in [5.41, 5.74) is 1.43. The average Bonchev–Trinajstić information content (AvgIpc) is 2.17. The maximum Gasteiger partial charge on any atom is 0.136 e. The van der Waals surface area contributed by atoms with Gasteiger partial charge in [-0.1, -0.05) is 0 Å². The summed E-state index contributed by atoms with van der Waals surface area (Å²) in [7, 11) is 0. The highest BCUT2D eigenvalue weighted by Crippen LogP contribution is 2.13. The average molecular weight is 158 g/mol. The Morgan fingerprint density at radius 2 is 2.50 bits per heavy atom. The number of fused-ring (bicyclic) bond motifs is 1. The van der Waals surface area contributed by atoms with Gasteiger partial charge in [-0.15, -0.1) is 0 Å². The van der Waals surface area contributed by atoms with Crippen LogP contribution in [0.3, 0.4) is 0 Å². The molecule has 2 rings (SSSR count). The largest absolute Gasteiger partial charge is 0.350 e. The first-order valence-electron chi connectivity index (χ1n) is 3.54. The Kier molecular flexibility index (Phi) is 1.49. The Bertz CT molecular complexity index is 375. The third-order valence-electron chi connectivity index (χ3n) is 1.61. The van der Waals surface area contributed by atoms with Gasteiger partial charge in [-0.3, -0.25) is 4.99 Å². The Morgan fingerprint density at radius 3 is 3.33 bits per heavy atom. The van der Waals surface area contributed by atoms with Gasteiger partial charge in [0.1, 0.15) is 18.6 Å². The predicted octanol–water partition coefficient (Wildman–Crippen LogP) is 0.755. The fraction of sp³-hybridized carbons (Fsp3) is 0.125. The molecule has 4 heteroatoms. The van der Waals surface area contributed by atoms with E-state index in [0.717, 1.165) is 11.4 Å². The second-order valence-corrected chi connectivity index (χ2v) is 2.42. The summed E-state index contributed by atoms with van der Waals surface area (Å²) in [5.74, 6) is 0.795. The van der Waals surface area contributed by atoms with E-state index in [1.807, 2.05) is 6.07 Å². The van der Waals surface area contributed by atoms with E-state index in [0.29, 0.717) is 12.2 Å². The van der Waals surface area contributed by atoms with Crippen LogP contribution in [-0.4, -0.2) is 17.9 Å². The van der Waals surface area contributed by atoms with Crippen molar-refractivity contribution in [2.45, 2.75) is 0 Å². The number of nitrogens with zero attached hydrogens (tertiary/aromatic N) is 3. The topological polar surface area (TPSA) is 61.1 Å². The molecule has 12 heavy (non-hydrogen) atoms. The van der Waals surface area contributed by atoms with Crippen molar-refractivity contribution in [3.05, 3.63) is 23.4 Å². The highest BCUT2D eigenvalue weighted by Gasteiger charge is 2.05. The predicted molar refractivity (Wildman–Crippen MR) is 45.0 cm³/mol. The van der Waals surface area contributed by atoms with Crippen molar-refractivity contribution in [1.29, 1.82) is 5.26 Å². The van der Waals surface area contributed by atoms with Crippen molar-refractivity contribution in [1.82, 2.24) is 4.98 Å². The SMILES string of the molecule is N#Cc1cnc2c(c1)C=NCN2. The minimum absolute atomic E-state index is 0.559. The Morgan fingerprint density at radius 1 is 1.58 bits per heavy atom. The normalized spacial score (nSPS) is 12.9. The van der Waals surface area contributed by atoms with Gasteiger partial charge in [0.25, 0.3) is 0 Å². The highest BCUT2D eigenvalue weighted by atomic mass is 15.1. The van der Waals surface area contributed by atoms with Crippen molar-refractivity contribution in [3.63, 3.8) is 0 Å². The zero-order chi connectivity index (χ0) is 8.39. The van der Waals surface area contributed by atoms with E-state index >= 15 is 0 Å². The molecule has 1 aromatic rings. The number of nitrogens with one attached hydrogen (secondary N) is 1. The molecule has 0 fully saturated rings. The molecule has 0 saturated carbocycles. The van der Waals surface area contributed by atoms with Crippen molar-refractivity contribution >= 4 is 12.0 Å². The van der Waals surface area contributed by atoms with Crippen molar-refractivity contribution < 1.29 is 0 Å². The standard InChI is InChI=1S/C8H6N4/c9-2-6-1-7-4-10-5-12-8(7)11-3-6/h1,3-4H,5H2,(H,11,12). The van der Waals surface area contributed by atoms with E-state index in [1.54, 1.807) is 18.5 Å². The van der Waals surface area contributed by atoms with Crippen LogP contribution in [0.4, 0.5) is 5.82 Å². The molecule has 1 N–H and O–H groups in total. The van der Waals surface area contributed by atoms with Crippen LogP contribution < -0.4 is 5.32 Å². The molecule has 0 aromatic carbocycles. The van der Waals surface area contributed by atoms with E-state index in [9.17, 15) is 0 Å². The van der Waals surface area contributed by atoms with E-state index in [1.165, 1.54) is 0 Å². The lowest BCUT2D eigenvalue weighted by Crippen LogP contribution is -2.09. The third-order valence-corrected chi connectivity index (χ3v) is 1.61. The summed E-state index contributed by atoms with van der Waals surface area (Å²) in [5, 5.41) is 11.6. The number of anilines is 1. The molecule has 0 radical (unpaired) electrons. The van der Waals surface area contributed by atoms with Crippen LogP contribution in [0.15, 0.2) is 17.3 Å². The fourth-order valence-corrected chi connectivity index (χ4v) is 1.05.